The van der Waals surface area contributed by atoms with Gasteiger partial charge < -0.3 is 30.7 Å². The van der Waals surface area contributed by atoms with Crippen LogP contribution < -0.4 is 16.4 Å². The van der Waals surface area contributed by atoms with Gasteiger partial charge in [-0.05, 0) is 84.9 Å². The van der Waals surface area contributed by atoms with Crippen molar-refractivity contribution >= 4 is 29.8 Å². The summed E-state index contributed by atoms with van der Waals surface area (Å²) in [5.74, 6) is -2.17. The van der Waals surface area contributed by atoms with Gasteiger partial charge in [-0.25, -0.2) is 4.79 Å². The molecule has 1 rings (SSSR count). The lowest BCUT2D eigenvalue weighted by Crippen LogP contribution is -2.59. The maximum atomic E-state index is 14.4. The second-order valence-corrected chi connectivity index (χ2v) is 11.7. The molecular weight excluding hydrogens is 528 g/mol. The molecule has 0 aliphatic rings. The van der Waals surface area contributed by atoms with E-state index in [-0.39, 0.29) is 32.4 Å². The lowest BCUT2D eigenvalue weighted by Gasteiger charge is -2.44. The lowest BCUT2D eigenvalue weighted by atomic mass is 9.90. The Morgan fingerprint density at radius 1 is 0.976 bits per heavy atom. The van der Waals surface area contributed by atoms with Crippen LogP contribution in [0.3, 0.4) is 0 Å². The number of nitrogens with one attached hydrogen (secondary N) is 2. The third kappa shape index (κ3) is 11.4. The van der Waals surface area contributed by atoms with Gasteiger partial charge in [-0.1, -0.05) is 25.1 Å². The number of hydrogen-bond donors (Lipinski definition) is 3. The van der Waals surface area contributed by atoms with Crippen LogP contribution in [0.2, 0.25) is 0 Å². The quantitative estimate of drug-likeness (QED) is 0.286. The molecule has 4 N–H and O–H groups in total. The number of aryl methyl sites for hydroxylation is 2. The molecule has 0 aliphatic heterocycles. The first-order chi connectivity index (χ1) is 18.9. The third-order valence-corrected chi connectivity index (χ3v) is 6.71. The largest absolute Gasteiger partial charge is 0.466 e. The Morgan fingerprint density at radius 3 is 2.12 bits per heavy atom. The summed E-state index contributed by atoms with van der Waals surface area (Å²) < 4.78 is 10.3. The molecule has 0 bridgehead atoms. The summed E-state index contributed by atoms with van der Waals surface area (Å²) in [7, 11) is 0. The van der Waals surface area contributed by atoms with Crippen LogP contribution in [0, 0.1) is 13.8 Å². The minimum absolute atomic E-state index is 0.00879. The van der Waals surface area contributed by atoms with E-state index < -0.39 is 53.0 Å². The number of amides is 4. The van der Waals surface area contributed by atoms with Gasteiger partial charge >= 0.3 is 12.1 Å². The van der Waals surface area contributed by atoms with Crippen molar-refractivity contribution in [1.29, 1.82) is 0 Å². The number of nitrogens with two attached hydrogens (primary N) is 1. The van der Waals surface area contributed by atoms with Crippen molar-refractivity contribution in [3.05, 3.63) is 34.9 Å². The topological polar surface area (TPSA) is 157 Å². The number of primary amides is 1. The Hall–Kier alpha value is -3.63. The molecule has 1 aromatic carbocycles. The first-order valence-electron chi connectivity index (χ1n) is 14.0. The van der Waals surface area contributed by atoms with E-state index in [1.54, 1.807) is 33.8 Å². The zero-order valence-electron chi connectivity index (χ0n) is 26.0. The fourth-order valence-electron chi connectivity index (χ4n) is 4.08. The molecule has 2 unspecified atom stereocenters. The normalized spacial score (nSPS) is 13.0. The highest BCUT2D eigenvalue weighted by Gasteiger charge is 2.43. The van der Waals surface area contributed by atoms with Crippen molar-refractivity contribution in [2.24, 2.45) is 5.73 Å². The lowest BCUT2D eigenvalue weighted by molar-refractivity contribution is -0.150. The van der Waals surface area contributed by atoms with Crippen molar-refractivity contribution in [2.45, 2.75) is 111 Å². The van der Waals surface area contributed by atoms with Crippen molar-refractivity contribution in [1.82, 2.24) is 15.5 Å². The van der Waals surface area contributed by atoms with Gasteiger partial charge in [-0.2, -0.15) is 0 Å². The van der Waals surface area contributed by atoms with E-state index in [9.17, 15) is 24.0 Å². The Morgan fingerprint density at radius 2 is 1.61 bits per heavy atom. The molecule has 0 aromatic heterocycles. The summed E-state index contributed by atoms with van der Waals surface area (Å²) in [5.41, 5.74) is 6.17. The number of esters is 1. The molecule has 11 heteroatoms. The predicted molar refractivity (Wildman–Crippen MR) is 156 cm³/mol. The average molecular weight is 577 g/mol. The fraction of sp³-hybridized carbons (Fsp3) is 0.633. The van der Waals surface area contributed by atoms with E-state index in [0.29, 0.717) is 12.0 Å². The van der Waals surface area contributed by atoms with Gasteiger partial charge in [0.1, 0.15) is 17.7 Å². The van der Waals surface area contributed by atoms with E-state index in [1.807, 2.05) is 46.8 Å². The van der Waals surface area contributed by atoms with Crippen LogP contribution in [0.1, 0.15) is 96.9 Å². The first kappa shape index (κ1) is 35.4. The SMILES string of the molecule is CCOC(=O)CCNC(=O)C(c1ccc(C)c(C)c1)N(C(=O)C(CCC(N)=O)NC(=O)OC(C)(C)C)C(C)(C)CC. The maximum Gasteiger partial charge on any atom is 0.408 e. The van der Waals surface area contributed by atoms with E-state index in [1.165, 1.54) is 4.90 Å². The molecule has 1 aromatic rings. The summed E-state index contributed by atoms with van der Waals surface area (Å²) in [5, 5.41) is 5.37. The number of ether oxygens (including phenoxy) is 2. The van der Waals surface area contributed by atoms with Crippen molar-refractivity contribution < 1.29 is 33.4 Å². The number of hydrogen-bond acceptors (Lipinski definition) is 7. The first-order valence-corrected chi connectivity index (χ1v) is 14.0. The molecule has 0 aliphatic carbocycles. The molecule has 0 saturated heterocycles. The van der Waals surface area contributed by atoms with Gasteiger partial charge in [0, 0.05) is 18.5 Å². The van der Waals surface area contributed by atoms with E-state index >= 15 is 0 Å². The summed E-state index contributed by atoms with van der Waals surface area (Å²) in [6.45, 7) is 16.4. The predicted octanol–water partition coefficient (Wildman–Crippen LogP) is 3.59. The van der Waals surface area contributed by atoms with Gasteiger partial charge in [0.2, 0.25) is 17.7 Å². The van der Waals surface area contributed by atoms with Gasteiger partial charge in [-0.15, -0.1) is 0 Å². The van der Waals surface area contributed by atoms with Crippen LogP contribution in [0.5, 0.6) is 0 Å². The standard InChI is InChI=1S/C30H48N4O7/c1-10-30(8,9)34(27(38)22(14-15-23(31)35)33-28(39)41-29(5,6)7)25(21-13-12-19(3)20(4)18-21)26(37)32-17-16-24(36)40-11-2/h12-13,18,22,25H,10-11,14-17H2,1-9H3,(H2,31,35)(H,32,37)(H,33,39). The number of benzene rings is 1. The number of carbonyl (C=O) groups excluding carboxylic acids is 5. The number of carbonyl (C=O) groups is 5. The summed E-state index contributed by atoms with van der Waals surface area (Å²) in [6.07, 6.45) is -0.673. The highest BCUT2D eigenvalue weighted by molar-refractivity contribution is 5.93. The minimum atomic E-state index is -1.20. The van der Waals surface area contributed by atoms with Gasteiger partial charge in [0.15, 0.2) is 0 Å². The Labute approximate surface area is 243 Å². The number of alkyl carbamates (subject to hydrolysis) is 1. The highest BCUT2D eigenvalue weighted by Crippen LogP contribution is 2.33. The van der Waals surface area contributed by atoms with E-state index in [0.717, 1.165) is 11.1 Å². The Kier molecular flexibility index (Phi) is 13.3. The smallest absolute Gasteiger partial charge is 0.408 e. The molecule has 230 valence electrons. The zero-order valence-corrected chi connectivity index (χ0v) is 26.0. The van der Waals surface area contributed by atoms with E-state index in [4.69, 9.17) is 15.2 Å². The van der Waals surface area contributed by atoms with Gasteiger partial charge in [-0.3, -0.25) is 19.2 Å². The molecule has 2 atom stereocenters. The van der Waals surface area contributed by atoms with Crippen molar-refractivity contribution in [3.8, 4) is 0 Å². The number of nitrogens with zero attached hydrogens (tertiary/aromatic N) is 1. The zero-order chi connectivity index (χ0) is 31.5. The molecular formula is C30H48N4O7. The molecule has 4 amide bonds. The molecule has 0 radical (unpaired) electrons. The van der Waals surface area contributed by atoms with Crippen LogP contribution >= 0.6 is 0 Å². The van der Waals surface area contributed by atoms with Crippen LogP contribution in [0.4, 0.5) is 4.79 Å². The highest BCUT2D eigenvalue weighted by atomic mass is 16.6. The van der Waals surface area contributed by atoms with Crippen LogP contribution in [-0.4, -0.2) is 65.0 Å². The molecule has 0 fully saturated rings. The summed E-state index contributed by atoms with van der Waals surface area (Å²) >= 11 is 0. The van der Waals surface area contributed by atoms with Crippen molar-refractivity contribution in [3.63, 3.8) is 0 Å². The van der Waals surface area contributed by atoms with Crippen molar-refractivity contribution in [2.75, 3.05) is 13.2 Å². The van der Waals surface area contributed by atoms with E-state index in [2.05, 4.69) is 10.6 Å². The molecule has 0 spiro atoms. The summed E-state index contributed by atoms with van der Waals surface area (Å²) in [4.78, 5) is 65.9. The van der Waals surface area contributed by atoms with Gasteiger partial charge in [0.05, 0.1) is 13.0 Å². The Balaban J connectivity index is 3.63. The minimum Gasteiger partial charge on any atom is -0.466 e. The molecule has 41 heavy (non-hydrogen) atoms. The third-order valence-electron chi connectivity index (χ3n) is 6.71. The molecule has 11 nitrogen and oxygen atoms in total. The van der Waals surface area contributed by atoms with Gasteiger partial charge in [0.25, 0.3) is 0 Å². The molecule has 0 heterocycles. The second-order valence-electron chi connectivity index (χ2n) is 11.7. The maximum absolute atomic E-state index is 14.4. The molecule has 0 saturated carbocycles. The van der Waals surface area contributed by atoms with Crippen LogP contribution in [-0.2, 0) is 28.7 Å². The number of rotatable bonds is 14. The van der Waals surface area contributed by atoms with Crippen LogP contribution in [0.15, 0.2) is 18.2 Å². The monoisotopic (exact) mass is 576 g/mol. The summed E-state index contributed by atoms with van der Waals surface area (Å²) in [6, 6.07) is 3.18. The fourth-order valence-corrected chi connectivity index (χ4v) is 4.08. The second kappa shape index (κ2) is 15.4. The van der Waals surface area contributed by atoms with Crippen LogP contribution in [0.25, 0.3) is 0 Å². The Bertz CT molecular complexity index is 1090. The average Bonchev–Trinajstić information content (AvgIpc) is 2.85.